The van der Waals surface area contributed by atoms with Gasteiger partial charge in [0.15, 0.2) is 0 Å². The van der Waals surface area contributed by atoms with Gasteiger partial charge in [-0.1, -0.05) is 72.8 Å². The quantitative estimate of drug-likeness (QED) is 0.174. The average Bonchev–Trinajstić information content (AvgIpc) is 3.56. The lowest BCUT2D eigenvalue weighted by molar-refractivity contribution is -0.138. The Morgan fingerprint density at radius 1 is 0.348 bits per heavy atom. The number of hydrogen-bond acceptors (Lipinski definition) is 0. The van der Waals surface area contributed by atoms with Crippen LogP contribution in [0, 0.1) is 0 Å². The number of rotatable bonds is 3. The highest BCUT2D eigenvalue weighted by Crippen LogP contribution is 2.39. The van der Waals surface area contributed by atoms with Gasteiger partial charge in [-0.05, 0) is 71.8 Å². The molecular formula is C38H22F6N2. The first-order valence-corrected chi connectivity index (χ1v) is 14.5. The molecule has 2 heterocycles. The molecule has 0 amide bonds. The molecule has 0 saturated carbocycles. The van der Waals surface area contributed by atoms with Crippen LogP contribution in [0.3, 0.4) is 0 Å². The van der Waals surface area contributed by atoms with Crippen molar-refractivity contribution in [2.45, 2.75) is 12.4 Å². The summed E-state index contributed by atoms with van der Waals surface area (Å²) in [5.74, 6) is 0. The molecule has 0 aliphatic carbocycles. The van der Waals surface area contributed by atoms with E-state index in [0.29, 0.717) is 33.2 Å². The molecule has 0 radical (unpaired) electrons. The molecule has 8 heteroatoms. The zero-order valence-electron chi connectivity index (χ0n) is 23.9. The molecule has 0 spiro atoms. The van der Waals surface area contributed by atoms with Crippen molar-refractivity contribution in [2.24, 2.45) is 0 Å². The van der Waals surface area contributed by atoms with Crippen LogP contribution in [0.5, 0.6) is 0 Å². The maximum absolute atomic E-state index is 13.8. The molecule has 0 aliphatic rings. The summed E-state index contributed by atoms with van der Waals surface area (Å²) < 4.78 is 86.2. The SMILES string of the molecule is FC(F)(F)c1ccc2c3ccccc3n(-c3cccc(-c4cccc(-n5c6ccccc6c6ccc(C(F)(F)F)cc65)c4)c3)c2c1. The number of hydrogen-bond donors (Lipinski definition) is 0. The molecule has 0 atom stereocenters. The Labute approximate surface area is 258 Å². The minimum Gasteiger partial charge on any atom is -0.309 e. The fraction of sp³-hybridized carbons (Fsp3) is 0.0526. The fourth-order valence-electron chi connectivity index (χ4n) is 6.50. The van der Waals surface area contributed by atoms with Crippen LogP contribution in [-0.4, -0.2) is 9.13 Å². The molecular weight excluding hydrogens is 598 g/mol. The van der Waals surface area contributed by atoms with Crippen LogP contribution in [0.25, 0.3) is 66.1 Å². The highest BCUT2D eigenvalue weighted by molar-refractivity contribution is 6.10. The number of para-hydroxylation sites is 2. The summed E-state index contributed by atoms with van der Waals surface area (Å²) in [6.07, 6.45) is -8.99. The van der Waals surface area contributed by atoms with Gasteiger partial charge < -0.3 is 9.13 Å². The van der Waals surface area contributed by atoms with Gasteiger partial charge in [-0.15, -0.1) is 0 Å². The van der Waals surface area contributed by atoms with Gasteiger partial charge in [-0.25, -0.2) is 0 Å². The molecule has 0 saturated heterocycles. The molecule has 226 valence electrons. The number of halogens is 6. The van der Waals surface area contributed by atoms with Crippen molar-refractivity contribution in [3.63, 3.8) is 0 Å². The zero-order valence-corrected chi connectivity index (χ0v) is 23.9. The van der Waals surface area contributed by atoms with Crippen molar-refractivity contribution in [1.29, 1.82) is 0 Å². The van der Waals surface area contributed by atoms with Crippen molar-refractivity contribution in [1.82, 2.24) is 9.13 Å². The van der Waals surface area contributed by atoms with Crippen molar-refractivity contribution in [2.75, 3.05) is 0 Å². The Morgan fingerprint density at radius 2 is 0.739 bits per heavy atom. The first kappa shape index (κ1) is 28.0. The topological polar surface area (TPSA) is 9.86 Å². The third-order valence-electron chi connectivity index (χ3n) is 8.54. The minimum absolute atomic E-state index is 0.438. The third kappa shape index (κ3) is 4.43. The highest BCUT2D eigenvalue weighted by atomic mass is 19.4. The molecule has 2 nitrogen and oxygen atoms in total. The van der Waals surface area contributed by atoms with Gasteiger partial charge in [-0.2, -0.15) is 26.3 Å². The lowest BCUT2D eigenvalue weighted by Crippen LogP contribution is -2.05. The first-order chi connectivity index (χ1) is 22.1. The second kappa shape index (κ2) is 10.0. The summed E-state index contributed by atoms with van der Waals surface area (Å²) in [5, 5.41) is 3.09. The van der Waals surface area contributed by atoms with Gasteiger partial charge in [0.25, 0.3) is 0 Å². The van der Waals surface area contributed by atoms with Crippen molar-refractivity contribution in [3.8, 4) is 22.5 Å². The Hall–Kier alpha value is -5.50. The van der Waals surface area contributed by atoms with Gasteiger partial charge in [0.2, 0.25) is 0 Å². The molecule has 0 aliphatic heterocycles. The number of alkyl halides is 6. The average molecular weight is 621 g/mol. The van der Waals surface area contributed by atoms with Crippen LogP contribution in [0.4, 0.5) is 26.3 Å². The van der Waals surface area contributed by atoms with E-state index in [0.717, 1.165) is 45.1 Å². The standard InChI is InChI=1S/C38H22F6N2/c39-37(40,41)25-15-17-31-29-11-1-3-13-33(29)45(35(31)21-25)27-9-5-7-23(19-27)24-8-6-10-28(20-24)46-34-14-4-2-12-30(34)32-18-16-26(22-36(32)46)38(42,43)44/h1-22H. The van der Waals surface area contributed by atoms with E-state index < -0.39 is 23.5 Å². The predicted octanol–water partition coefficient (Wildman–Crippen LogP) is 11.6. The molecule has 0 unspecified atom stereocenters. The van der Waals surface area contributed by atoms with E-state index in [2.05, 4.69) is 0 Å². The van der Waals surface area contributed by atoms with E-state index in [1.54, 1.807) is 0 Å². The van der Waals surface area contributed by atoms with Crippen molar-refractivity contribution >= 4 is 43.6 Å². The number of fused-ring (bicyclic) bond motifs is 6. The van der Waals surface area contributed by atoms with Gasteiger partial charge in [0, 0.05) is 32.9 Å². The molecule has 0 bridgehead atoms. The van der Waals surface area contributed by atoms with Gasteiger partial charge in [0.05, 0.1) is 33.2 Å². The fourth-order valence-corrected chi connectivity index (χ4v) is 6.50. The van der Waals surface area contributed by atoms with E-state index in [9.17, 15) is 26.3 Å². The van der Waals surface area contributed by atoms with E-state index >= 15 is 0 Å². The monoisotopic (exact) mass is 620 g/mol. The van der Waals surface area contributed by atoms with Crippen molar-refractivity contribution < 1.29 is 26.3 Å². The Kier molecular flexibility index (Phi) is 6.09. The Bertz CT molecular complexity index is 2290. The maximum Gasteiger partial charge on any atom is 0.416 e. The molecule has 8 rings (SSSR count). The smallest absolute Gasteiger partial charge is 0.309 e. The molecule has 8 aromatic rings. The van der Waals surface area contributed by atoms with E-state index in [1.807, 2.05) is 106 Å². The van der Waals surface area contributed by atoms with E-state index in [1.165, 1.54) is 24.3 Å². The van der Waals surface area contributed by atoms with Gasteiger partial charge >= 0.3 is 12.4 Å². The molecule has 6 aromatic carbocycles. The predicted molar refractivity (Wildman–Crippen MR) is 171 cm³/mol. The van der Waals surface area contributed by atoms with Gasteiger partial charge in [-0.3, -0.25) is 0 Å². The van der Waals surface area contributed by atoms with Crippen LogP contribution in [-0.2, 0) is 12.4 Å². The number of aromatic nitrogens is 2. The molecule has 0 fully saturated rings. The summed E-state index contributed by atoms with van der Waals surface area (Å²) in [4.78, 5) is 0. The summed E-state index contributed by atoms with van der Waals surface area (Å²) in [5.41, 5.74) is 3.92. The van der Waals surface area contributed by atoms with Crippen LogP contribution < -0.4 is 0 Å². The molecule has 0 N–H and O–H groups in total. The normalized spacial score (nSPS) is 12.6. The van der Waals surface area contributed by atoms with E-state index in [4.69, 9.17) is 0 Å². The lowest BCUT2D eigenvalue weighted by atomic mass is 10.0. The van der Waals surface area contributed by atoms with Crippen LogP contribution in [0.1, 0.15) is 11.1 Å². The highest BCUT2D eigenvalue weighted by Gasteiger charge is 2.32. The summed E-state index contributed by atoms with van der Waals surface area (Å²) in [7, 11) is 0. The van der Waals surface area contributed by atoms with Crippen molar-refractivity contribution in [3.05, 3.63) is 145 Å². The van der Waals surface area contributed by atoms with Crippen LogP contribution in [0.2, 0.25) is 0 Å². The summed E-state index contributed by atoms with van der Waals surface area (Å²) in [6, 6.07) is 37.6. The number of nitrogens with zero attached hydrogens (tertiary/aromatic N) is 2. The summed E-state index contributed by atoms with van der Waals surface area (Å²) in [6.45, 7) is 0. The third-order valence-corrected chi connectivity index (χ3v) is 8.54. The lowest BCUT2D eigenvalue weighted by Gasteiger charge is -2.14. The van der Waals surface area contributed by atoms with Gasteiger partial charge in [0.1, 0.15) is 0 Å². The Morgan fingerprint density at radius 3 is 1.15 bits per heavy atom. The second-order valence-electron chi connectivity index (χ2n) is 11.3. The minimum atomic E-state index is -4.49. The second-order valence-corrected chi connectivity index (χ2v) is 11.3. The largest absolute Gasteiger partial charge is 0.416 e. The molecule has 2 aromatic heterocycles. The number of benzene rings is 6. The zero-order chi connectivity index (χ0) is 31.8. The molecule has 46 heavy (non-hydrogen) atoms. The summed E-state index contributed by atoms with van der Waals surface area (Å²) >= 11 is 0. The van der Waals surface area contributed by atoms with Crippen LogP contribution >= 0.6 is 0 Å². The van der Waals surface area contributed by atoms with Crippen LogP contribution in [0.15, 0.2) is 133 Å². The first-order valence-electron chi connectivity index (χ1n) is 14.5. The Balaban J connectivity index is 1.31. The maximum atomic E-state index is 13.8. The van der Waals surface area contributed by atoms with E-state index in [-0.39, 0.29) is 0 Å².